The summed E-state index contributed by atoms with van der Waals surface area (Å²) in [5.41, 5.74) is 4.24. The Morgan fingerprint density at radius 1 is 1.33 bits per heavy atom. The number of carbonyl (C=O) groups is 1. The summed E-state index contributed by atoms with van der Waals surface area (Å²) in [6.07, 6.45) is 1.87. The van der Waals surface area contributed by atoms with Gasteiger partial charge in [-0.3, -0.25) is 4.79 Å². The maximum Gasteiger partial charge on any atom is 0.225 e. The number of nitrogens with zero attached hydrogens (tertiary/aromatic N) is 2. The van der Waals surface area contributed by atoms with E-state index in [9.17, 15) is 4.79 Å². The van der Waals surface area contributed by atoms with Gasteiger partial charge in [-0.2, -0.15) is 5.10 Å². The summed E-state index contributed by atoms with van der Waals surface area (Å²) in [7, 11) is 0. The van der Waals surface area contributed by atoms with Gasteiger partial charge in [-0.1, -0.05) is 12.1 Å². The first kappa shape index (κ1) is 16.7. The predicted molar refractivity (Wildman–Crippen MR) is 93.1 cm³/mol. The number of amides is 1. The second-order valence-corrected chi connectivity index (χ2v) is 6.57. The van der Waals surface area contributed by atoms with Crippen LogP contribution in [0.1, 0.15) is 42.8 Å². The Bertz CT molecular complexity index is 700. The van der Waals surface area contributed by atoms with Gasteiger partial charge >= 0.3 is 0 Å². The van der Waals surface area contributed by atoms with Crippen molar-refractivity contribution in [3.8, 4) is 5.69 Å². The normalized spacial score (nSPS) is 19.0. The van der Waals surface area contributed by atoms with Gasteiger partial charge in [0.15, 0.2) is 0 Å². The standard InChI is InChI=1S/C19H25N3O2/c1-13-11-14(2)22(21-13)18-8-6-16(7-9-18)15(3)20-19(23)17-5-4-10-24-12-17/h6-9,11,15,17H,4-5,10,12H2,1-3H3,(H,20,23)/t15-,17+/m0/s1. The molecule has 0 unspecified atom stereocenters. The van der Waals surface area contributed by atoms with Crippen molar-refractivity contribution in [1.29, 1.82) is 0 Å². The smallest absolute Gasteiger partial charge is 0.225 e. The van der Waals surface area contributed by atoms with Crippen LogP contribution in [0.5, 0.6) is 0 Å². The fraction of sp³-hybridized carbons (Fsp3) is 0.474. The van der Waals surface area contributed by atoms with E-state index in [-0.39, 0.29) is 17.9 Å². The lowest BCUT2D eigenvalue weighted by molar-refractivity contribution is -0.129. The van der Waals surface area contributed by atoms with E-state index in [1.807, 2.05) is 49.7 Å². The van der Waals surface area contributed by atoms with Crippen LogP contribution in [0.3, 0.4) is 0 Å². The van der Waals surface area contributed by atoms with Gasteiger partial charge in [-0.15, -0.1) is 0 Å². The van der Waals surface area contributed by atoms with Crippen LogP contribution in [0.2, 0.25) is 0 Å². The molecule has 0 aliphatic carbocycles. The van der Waals surface area contributed by atoms with Crippen LogP contribution in [-0.2, 0) is 9.53 Å². The molecule has 1 aliphatic rings. The minimum absolute atomic E-state index is 0.0184. The number of hydrogen-bond donors (Lipinski definition) is 1. The van der Waals surface area contributed by atoms with Crippen LogP contribution in [0, 0.1) is 19.8 Å². The minimum atomic E-state index is -0.0195. The van der Waals surface area contributed by atoms with E-state index in [0.29, 0.717) is 6.61 Å². The van der Waals surface area contributed by atoms with Crippen LogP contribution in [0.15, 0.2) is 30.3 Å². The molecule has 2 heterocycles. The maximum atomic E-state index is 12.3. The average molecular weight is 327 g/mol. The van der Waals surface area contributed by atoms with E-state index in [1.165, 1.54) is 0 Å². The number of carbonyl (C=O) groups excluding carboxylic acids is 1. The summed E-state index contributed by atoms with van der Waals surface area (Å²) in [4.78, 5) is 12.3. The zero-order valence-corrected chi connectivity index (χ0v) is 14.6. The molecule has 5 heteroatoms. The van der Waals surface area contributed by atoms with Crippen molar-refractivity contribution < 1.29 is 9.53 Å². The van der Waals surface area contributed by atoms with E-state index in [1.54, 1.807) is 0 Å². The van der Waals surface area contributed by atoms with E-state index < -0.39 is 0 Å². The predicted octanol–water partition coefficient (Wildman–Crippen LogP) is 3.09. The Balaban J connectivity index is 1.66. The minimum Gasteiger partial charge on any atom is -0.381 e. The van der Waals surface area contributed by atoms with Crippen molar-refractivity contribution in [1.82, 2.24) is 15.1 Å². The van der Waals surface area contributed by atoms with Crippen LogP contribution in [-0.4, -0.2) is 28.9 Å². The average Bonchev–Trinajstić information content (AvgIpc) is 2.94. The second-order valence-electron chi connectivity index (χ2n) is 6.57. The van der Waals surface area contributed by atoms with Crippen LogP contribution in [0.25, 0.3) is 5.69 Å². The number of hydrogen-bond acceptors (Lipinski definition) is 3. The summed E-state index contributed by atoms with van der Waals surface area (Å²) in [5.74, 6) is 0.0694. The molecule has 1 aliphatic heterocycles. The highest BCUT2D eigenvalue weighted by Gasteiger charge is 2.23. The van der Waals surface area contributed by atoms with Crippen LogP contribution < -0.4 is 5.32 Å². The summed E-state index contributed by atoms with van der Waals surface area (Å²) in [5, 5.41) is 7.60. The van der Waals surface area contributed by atoms with Crippen molar-refractivity contribution in [2.24, 2.45) is 5.92 Å². The molecule has 1 amide bonds. The van der Waals surface area contributed by atoms with E-state index in [2.05, 4.69) is 16.5 Å². The SMILES string of the molecule is Cc1cc(C)n(-c2ccc([C@H](C)NC(=O)[C@@H]3CCCOC3)cc2)n1. The molecule has 0 saturated carbocycles. The molecule has 2 aromatic rings. The fourth-order valence-corrected chi connectivity index (χ4v) is 3.16. The topological polar surface area (TPSA) is 56.2 Å². The summed E-state index contributed by atoms with van der Waals surface area (Å²) < 4.78 is 7.33. The molecule has 1 fully saturated rings. The maximum absolute atomic E-state index is 12.3. The summed E-state index contributed by atoms with van der Waals surface area (Å²) >= 11 is 0. The molecule has 5 nitrogen and oxygen atoms in total. The lowest BCUT2D eigenvalue weighted by atomic mass is 10.00. The molecule has 2 atom stereocenters. The van der Waals surface area contributed by atoms with Gasteiger partial charge in [0.25, 0.3) is 0 Å². The molecule has 3 rings (SSSR count). The fourth-order valence-electron chi connectivity index (χ4n) is 3.16. The summed E-state index contributed by atoms with van der Waals surface area (Å²) in [6.45, 7) is 7.36. The number of nitrogens with one attached hydrogen (secondary N) is 1. The van der Waals surface area contributed by atoms with Crippen molar-refractivity contribution >= 4 is 5.91 Å². The van der Waals surface area contributed by atoms with Gasteiger partial charge in [0.1, 0.15) is 0 Å². The van der Waals surface area contributed by atoms with Gasteiger partial charge in [0, 0.05) is 12.3 Å². The highest BCUT2D eigenvalue weighted by Crippen LogP contribution is 2.19. The molecule has 1 N–H and O–H groups in total. The molecule has 0 radical (unpaired) electrons. The Labute approximate surface area is 143 Å². The van der Waals surface area contributed by atoms with Crippen molar-refractivity contribution in [2.45, 2.75) is 39.7 Å². The number of ether oxygens (including phenoxy) is 1. The first-order valence-corrected chi connectivity index (χ1v) is 8.56. The molecule has 0 spiro atoms. The Morgan fingerprint density at radius 3 is 2.67 bits per heavy atom. The van der Waals surface area contributed by atoms with Crippen molar-refractivity contribution in [2.75, 3.05) is 13.2 Å². The highest BCUT2D eigenvalue weighted by molar-refractivity contribution is 5.79. The molecule has 1 aromatic heterocycles. The lowest BCUT2D eigenvalue weighted by Crippen LogP contribution is -2.36. The van der Waals surface area contributed by atoms with Gasteiger partial charge in [-0.25, -0.2) is 4.68 Å². The molecule has 1 aromatic carbocycles. The molecule has 1 saturated heterocycles. The molecule has 0 bridgehead atoms. The molecular formula is C19H25N3O2. The Kier molecular flexibility index (Phi) is 5.00. The zero-order valence-electron chi connectivity index (χ0n) is 14.6. The van der Waals surface area contributed by atoms with Gasteiger partial charge in [0.2, 0.25) is 5.91 Å². The van der Waals surface area contributed by atoms with Gasteiger partial charge < -0.3 is 10.1 Å². The second kappa shape index (κ2) is 7.18. The Morgan fingerprint density at radius 2 is 2.08 bits per heavy atom. The largest absolute Gasteiger partial charge is 0.381 e. The van der Waals surface area contributed by atoms with Crippen LogP contribution in [0.4, 0.5) is 0 Å². The number of aromatic nitrogens is 2. The van der Waals surface area contributed by atoms with Gasteiger partial charge in [0.05, 0.1) is 29.9 Å². The van der Waals surface area contributed by atoms with E-state index in [0.717, 1.165) is 42.1 Å². The monoisotopic (exact) mass is 327 g/mol. The number of aryl methyl sites for hydroxylation is 2. The quantitative estimate of drug-likeness (QED) is 0.939. The molecular weight excluding hydrogens is 302 g/mol. The van der Waals surface area contributed by atoms with Gasteiger partial charge in [-0.05, 0) is 57.4 Å². The third kappa shape index (κ3) is 3.67. The molecule has 128 valence electrons. The highest BCUT2D eigenvalue weighted by atomic mass is 16.5. The van der Waals surface area contributed by atoms with Crippen molar-refractivity contribution in [3.05, 3.63) is 47.3 Å². The summed E-state index contributed by atoms with van der Waals surface area (Å²) in [6, 6.07) is 10.2. The van der Waals surface area contributed by atoms with Crippen molar-refractivity contribution in [3.63, 3.8) is 0 Å². The third-order valence-electron chi connectivity index (χ3n) is 4.54. The van der Waals surface area contributed by atoms with E-state index >= 15 is 0 Å². The number of rotatable bonds is 4. The zero-order chi connectivity index (χ0) is 17.1. The lowest BCUT2D eigenvalue weighted by Gasteiger charge is -2.23. The number of benzene rings is 1. The van der Waals surface area contributed by atoms with E-state index in [4.69, 9.17) is 4.74 Å². The molecule has 24 heavy (non-hydrogen) atoms. The Hall–Kier alpha value is -2.14. The first-order chi connectivity index (χ1) is 11.5. The van der Waals surface area contributed by atoms with Crippen LogP contribution >= 0.6 is 0 Å². The third-order valence-corrected chi connectivity index (χ3v) is 4.54. The first-order valence-electron chi connectivity index (χ1n) is 8.56.